The standard InChI is InChI=1S/C25H21ClFN3O4S/c26-22-8-5-17(13-21(22)24-19-4-2-1-3-16(19)9-10-28-24)29-25(31)20-7-6-18(14-23(20)27)30-11-12-34-15-35(30,32)33/h1-10,13-14,32-33H,11-12,15H2,(H,29,31). The monoisotopic (exact) mass is 513 g/mol. The zero-order valence-corrected chi connectivity index (χ0v) is 19.9. The maximum atomic E-state index is 14.9. The molecule has 5 rings (SSSR count). The summed E-state index contributed by atoms with van der Waals surface area (Å²) < 4.78 is 41.6. The van der Waals surface area contributed by atoms with Crippen LogP contribution in [-0.4, -0.2) is 39.1 Å². The maximum Gasteiger partial charge on any atom is 0.258 e. The van der Waals surface area contributed by atoms with Crippen LogP contribution in [0.15, 0.2) is 72.9 Å². The van der Waals surface area contributed by atoms with E-state index in [1.807, 2.05) is 30.3 Å². The number of hydrogen-bond acceptors (Lipinski definition) is 6. The topological polar surface area (TPSA) is 94.9 Å². The summed E-state index contributed by atoms with van der Waals surface area (Å²) in [6.07, 6.45) is 1.69. The van der Waals surface area contributed by atoms with E-state index in [4.69, 9.17) is 16.3 Å². The molecule has 1 fully saturated rings. The van der Waals surface area contributed by atoms with Gasteiger partial charge in [0.25, 0.3) is 5.91 Å². The van der Waals surface area contributed by atoms with Crippen molar-refractivity contribution in [2.75, 3.05) is 28.7 Å². The minimum absolute atomic E-state index is 0.182. The van der Waals surface area contributed by atoms with E-state index in [1.54, 1.807) is 24.4 Å². The van der Waals surface area contributed by atoms with Gasteiger partial charge in [0.1, 0.15) is 5.82 Å². The van der Waals surface area contributed by atoms with Crippen molar-refractivity contribution in [1.82, 2.24) is 4.98 Å². The molecule has 7 nitrogen and oxygen atoms in total. The number of amides is 1. The van der Waals surface area contributed by atoms with Gasteiger partial charge in [-0.1, -0.05) is 46.6 Å². The molecule has 0 radical (unpaired) electrons. The summed E-state index contributed by atoms with van der Waals surface area (Å²) in [6.45, 7) is 0.479. The number of aromatic nitrogens is 1. The van der Waals surface area contributed by atoms with Crippen LogP contribution in [0.1, 0.15) is 10.4 Å². The highest BCUT2D eigenvalue weighted by atomic mass is 35.5. The number of fused-ring (bicyclic) bond motifs is 1. The molecule has 0 atom stereocenters. The molecule has 2 heterocycles. The Morgan fingerprint density at radius 2 is 1.94 bits per heavy atom. The van der Waals surface area contributed by atoms with Gasteiger partial charge in [0.2, 0.25) is 0 Å². The van der Waals surface area contributed by atoms with Crippen molar-refractivity contribution >= 4 is 50.4 Å². The Labute approximate surface area is 207 Å². The number of carbonyl (C=O) groups is 1. The highest BCUT2D eigenvalue weighted by Gasteiger charge is 2.28. The van der Waals surface area contributed by atoms with Gasteiger partial charge in [-0.15, -0.1) is 0 Å². The first kappa shape index (κ1) is 23.5. The highest BCUT2D eigenvalue weighted by molar-refractivity contribution is 8.25. The van der Waals surface area contributed by atoms with Crippen LogP contribution in [0.4, 0.5) is 15.8 Å². The normalized spacial score (nSPS) is 16.2. The Bertz CT molecular complexity index is 1430. The second-order valence-corrected chi connectivity index (χ2v) is 10.3. The SMILES string of the molecule is O=C(Nc1ccc(Cl)c(-c2nccc3ccccc23)c1)c1ccc(N2CCOCS2(O)O)cc1F. The number of nitrogens with zero attached hydrogens (tertiary/aromatic N) is 2. The number of anilines is 2. The van der Waals surface area contributed by atoms with Crippen LogP contribution in [0.3, 0.4) is 0 Å². The van der Waals surface area contributed by atoms with Gasteiger partial charge in [0.05, 0.1) is 35.1 Å². The number of pyridine rings is 1. The van der Waals surface area contributed by atoms with Crippen LogP contribution >= 0.6 is 22.4 Å². The number of hydrogen-bond donors (Lipinski definition) is 3. The average Bonchev–Trinajstić information content (AvgIpc) is 2.84. The average molecular weight is 514 g/mol. The summed E-state index contributed by atoms with van der Waals surface area (Å²) in [5, 5.41) is 5.09. The predicted octanol–water partition coefficient (Wildman–Crippen LogP) is 6.41. The number of ether oxygens (including phenoxy) is 1. The summed E-state index contributed by atoms with van der Waals surface area (Å²) in [6, 6.07) is 18.6. The lowest BCUT2D eigenvalue weighted by Gasteiger charge is -2.46. The lowest BCUT2D eigenvalue weighted by molar-refractivity contribution is 0.102. The quantitative estimate of drug-likeness (QED) is 0.292. The fourth-order valence-corrected chi connectivity index (χ4v) is 5.48. The fraction of sp³-hybridized carbons (Fsp3) is 0.120. The van der Waals surface area contributed by atoms with E-state index in [0.717, 1.165) is 16.8 Å². The summed E-state index contributed by atoms with van der Waals surface area (Å²) in [7, 11) is -3.20. The van der Waals surface area contributed by atoms with E-state index >= 15 is 0 Å². The maximum absolute atomic E-state index is 14.9. The molecule has 0 spiro atoms. The summed E-state index contributed by atoms with van der Waals surface area (Å²) in [5.41, 5.74) is 1.81. The summed E-state index contributed by atoms with van der Waals surface area (Å²) >= 11 is 6.46. The van der Waals surface area contributed by atoms with Gasteiger partial charge < -0.3 is 10.1 Å². The van der Waals surface area contributed by atoms with Crippen LogP contribution in [0.25, 0.3) is 22.0 Å². The van der Waals surface area contributed by atoms with Gasteiger partial charge in [-0.25, -0.2) is 4.39 Å². The van der Waals surface area contributed by atoms with Gasteiger partial charge >= 0.3 is 0 Å². The molecule has 10 heteroatoms. The van der Waals surface area contributed by atoms with Gasteiger partial charge in [-0.05, 0) is 47.9 Å². The van der Waals surface area contributed by atoms with Crippen LogP contribution in [-0.2, 0) is 4.74 Å². The van der Waals surface area contributed by atoms with Crippen LogP contribution < -0.4 is 9.62 Å². The third-order valence-electron chi connectivity index (χ3n) is 5.67. The minimum Gasteiger partial charge on any atom is -0.357 e. The predicted molar refractivity (Wildman–Crippen MR) is 138 cm³/mol. The van der Waals surface area contributed by atoms with Crippen molar-refractivity contribution in [2.24, 2.45) is 0 Å². The Hall–Kier alpha value is -3.21. The smallest absolute Gasteiger partial charge is 0.258 e. The number of nitrogens with one attached hydrogen (secondary N) is 1. The Morgan fingerprint density at radius 1 is 1.11 bits per heavy atom. The molecule has 180 valence electrons. The minimum atomic E-state index is -3.20. The van der Waals surface area contributed by atoms with Crippen molar-refractivity contribution in [3.63, 3.8) is 0 Å². The molecular formula is C25H21ClFN3O4S. The largest absolute Gasteiger partial charge is 0.357 e. The Kier molecular flexibility index (Phi) is 6.35. The second-order valence-electron chi connectivity index (χ2n) is 7.95. The van der Waals surface area contributed by atoms with Gasteiger partial charge in [0, 0.05) is 22.8 Å². The Balaban J connectivity index is 1.42. The van der Waals surface area contributed by atoms with Gasteiger partial charge in [0.15, 0.2) is 5.94 Å². The third-order valence-corrected chi connectivity index (χ3v) is 7.58. The molecule has 3 aromatic carbocycles. The molecule has 1 aliphatic heterocycles. The molecule has 35 heavy (non-hydrogen) atoms. The fourth-order valence-electron chi connectivity index (χ4n) is 3.99. The van der Waals surface area contributed by atoms with Crippen LogP contribution in [0.5, 0.6) is 0 Å². The van der Waals surface area contributed by atoms with Gasteiger partial charge in [-0.3, -0.25) is 23.2 Å². The van der Waals surface area contributed by atoms with E-state index in [1.165, 1.54) is 16.4 Å². The molecule has 0 aliphatic carbocycles. The van der Waals surface area contributed by atoms with Crippen LogP contribution in [0, 0.1) is 5.82 Å². The van der Waals surface area contributed by atoms with Crippen molar-refractivity contribution < 1.29 is 23.0 Å². The zero-order valence-electron chi connectivity index (χ0n) is 18.3. The van der Waals surface area contributed by atoms with E-state index in [-0.39, 0.29) is 30.3 Å². The highest BCUT2D eigenvalue weighted by Crippen LogP contribution is 2.48. The molecule has 1 aliphatic rings. The second kappa shape index (κ2) is 9.44. The van der Waals surface area contributed by atoms with E-state index in [2.05, 4.69) is 10.3 Å². The molecule has 1 aromatic heterocycles. The third kappa shape index (κ3) is 4.69. The lowest BCUT2D eigenvalue weighted by Crippen LogP contribution is -2.38. The molecule has 0 unspecified atom stereocenters. The number of carbonyl (C=O) groups excluding carboxylic acids is 1. The van der Waals surface area contributed by atoms with Crippen molar-refractivity contribution in [3.8, 4) is 11.3 Å². The lowest BCUT2D eigenvalue weighted by atomic mass is 10.0. The molecule has 3 N–H and O–H groups in total. The van der Waals surface area contributed by atoms with Gasteiger partial charge in [-0.2, -0.15) is 0 Å². The van der Waals surface area contributed by atoms with Crippen LogP contribution in [0.2, 0.25) is 5.02 Å². The molecule has 0 saturated carbocycles. The molecule has 4 aromatic rings. The summed E-state index contributed by atoms with van der Waals surface area (Å²) in [5.74, 6) is -1.69. The number of halogens is 2. The zero-order chi connectivity index (χ0) is 24.6. The first-order valence-corrected chi connectivity index (χ1v) is 12.7. The van der Waals surface area contributed by atoms with Crippen molar-refractivity contribution in [2.45, 2.75) is 0 Å². The molecule has 1 amide bonds. The Morgan fingerprint density at radius 3 is 2.74 bits per heavy atom. The molecule has 1 saturated heterocycles. The first-order valence-electron chi connectivity index (χ1n) is 10.7. The van der Waals surface area contributed by atoms with E-state index < -0.39 is 22.5 Å². The number of rotatable bonds is 4. The van der Waals surface area contributed by atoms with E-state index in [0.29, 0.717) is 22.0 Å². The molecule has 0 bridgehead atoms. The van der Waals surface area contributed by atoms with E-state index in [9.17, 15) is 18.3 Å². The van der Waals surface area contributed by atoms with Crippen molar-refractivity contribution in [1.29, 1.82) is 0 Å². The molecular weight excluding hydrogens is 493 g/mol. The number of benzene rings is 3. The summed E-state index contributed by atoms with van der Waals surface area (Å²) in [4.78, 5) is 17.4. The first-order chi connectivity index (χ1) is 16.8. The van der Waals surface area contributed by atoms with Crippen molar-refractivity contribution in [3.05, 3.63) is 89.3 Å².